The fourth-order valence-electron chi connectivity index (χ4n) is 3.92. The van der Waals surface area contributed by atoms with Gasteiger partial charge in [-0.2, -0.15) is 0 Å². The number of hydrogen-bond donors (Lipinski definition) is 0. The van der Waals surface area contributed by atoms with Crippen LogP contribution in [0, 0.1) is 0 Å². The van der Waals surface area contributed by atoms with Crippen LogP contribution in [0.15, 0.2) is 30.3 Å². The molecule has 0 aromatic heterocycles. The summed E-state index contributed by atoms with van der Waals surface area (Å²) >= 11 is 0. The maximum Gasteiger partial charge on any atom is 0.104 e. The Balaban J connectivity index is 2.13. The van der Waals surface area contributed by atoms with Crippen molar-refractivity contribution in [2.24, 2.45) is 0 Å². The zero-order valence-electron chi connectivity index (χ0n) is 17.4. The van der Waals surface area contributed by atoms with Gasteiger partial charge in [0, 0.05) is 5.56 Å². The van der Waals surface area contributed by atoms with Crippen LogP contribution in [0.25, 0.3) is 0 Å². The van der Waals surface area contributed by atoms with Gasteiger partial charge in [0.15, 0.2) is 0 Å². The predicted molar refractivity (Wildman–Crippen MR) is 113 cm³/mol. The minimum atomic E-state index is 1.20. The second-order valence-corrected chi connectivity index (χ2v) is 7.88. The second kappa shape index (κ2) is 14.4. The van der Waals surface area contributed by atoms with E-state index in [4.69, 9.17) is 0 Å². The van der Waals surface area contributed by atoms with E-state index >= 15 is 0 Å². The molecule has 0 saturated carbocycles. The van der Waals surface area contributed by atoms with Gasteiger partial charge in [0.05, 0.1) is 19.6 Å². The van der Waals surface area contributed by atoms with E-state index in [0.29, 0.717) is 0 Å². The standard InChI is InChI=1S/C24H44N/c1-4-7-8-9-10-11-12-13-14-15-19-22-25(5-2,6-3)23-24-20-17-16-18-21-24/h16-18,20-21H,4-15,19,22-23H2,1-3H3/q+1. The van der Waals surface area contributed by atoms with E-state index in [1.54, 1.807) is 0 Å². The Labute approximate surface area is 158 Å². The van der Waals surface area contributed by atoms with E-state index in [1.807, 2.05) is 0 Å². The van der Waals surface area contributed by atoms with Gasteiger partial charge in [-0.25, -0.2) is 0 Å². The highest BCUT2D eigenvalue weighted by Crippen LogP contribution is 2.17. The van der Waals surface area contributed by atoms with E-state index in [2.05, 4.69) is 51.1 Å². The molecule has 0 fully saturated rings. The summed E-state index contributed by atoms with van der Waals surface area (Å²) in [5.74, 6) is 0. The summed E-state index contributed by atoms with van der Waals surface area (Å²) in [4.78, 5) is 0. The minimum absolute atomic E-state index is 1.20. The molecule has 0 saturated heterocycles. The number of hydrogen-bond acceptors (Lipinski definition) is 0. The van der Waals surface area contributed by atoms with Crippen molar-refractivity contribution < 1.29 is 4.48 Å². The van der Waals surface area contributed by atoms with Crippen molar-refractivity contribution in [1.82, 2.24) is 0 Å². The van der Waals surface area contributed by atoms with Crippen LogP contribution in [0.5, 0.6) is 0 Å². The van der Waals surface area contributed by atoms with Crippen molar-refractivity contribution in [2.75, 3.05) is 19.6 Å². The lowest BCUT2D eigenvalue weighted by Crippen LogP contribution is -2.47. The molecule has 1 aromatic carbocycles. The van der Waals surface area contributed by atoms with Crippen molar-refractivity contribution in [1.29, 1.82) is 0 Å². The fourth-order valence-corrected chi connectivity index (χ4v) is 3.92. The summed E-state index contributed by atoms with van der Waals surface area (Å²) in [5, 5.41) is 0. The van der Waals surface area contributed by atoms with Crippen LogP contribution >= 0.6 is 0 Å². The Morgan fingerprint density at radius 3 is 1.56 bits per heavy atom. The first kappa shape index (κ1) is 22.2. The van der Waals surface area contributed by atoms with Gasteiger partial charge in [0.25, 0.3) is 0 Å². The lowest BCUT2D eigenvalue weighted by Gasteiger charge is -2.37. The number of nitrogens with zero attached hydrogens (tertiary/aromatic N) is 1. The largest absolute Gasteiger partial charge is 0.320 e. The van der Waals surface area contributed by atoms with Gasteiger partial charge < -0.3 is 4.48 Å². The van der Waals surface area contributed by atoms with Crippen molar-refractivity contribution in [3.8, 4) is 0 Å². The highest BCUT2D eigenvalue weighted by Gasteiger charge is 2.22. The van der Waals surface area contributed by atoms with Gasteiger partial charge >= 0.3 is 0 Å². The van der Waals surface area contributed by atoms with Crippen LogP contribution in [0.1, 0.15) is 97.0 Å². The SMILES string of the molecule is CCCCCCCCCCCCC[N+](CC)(CC)Cc1ccccc1. The second-order valence-electron chi connectivity index (χ2n) is 7.88. The third kappa shape index (κ3) is 10.0. The molecule has 25 heavy (non-hydrogen) atoms. The Hall–Kier alpha value is -0.820. The number of quaternary nitrogens is 1. The van der Waals surface area contributed by atoms with Crippen molar-refractivity contribution in [3.63, 3.8) is 0 Å². The molecule has 1 nitrogen and oxygen atoms in total. The lowest BCUT2D eigenvalue weighted by atomic mass is 10.1. The van der Waals surface area contributed by atoms with Crippen LogP contribution < -0.4 is 0 Å². The molecule has 0 N–H and O–H groups in total. The molecule has 1 heteroatoms. The van der Waals surface area contributed by atoms with E-state index in [0.717, 1.165) is 0 Å². The van der Waals surface area contributed by atoms with Crippen LogP contribution in [-0.4, -0.2) is 24.1 Å². The Bertz CT molecular complexity index is 394. The van der Waals surface area contributed by atoms with Crippen LogP contribution in [-0.2, 0) is 6.54 Å². The Morgan fingerprint density at radius 1 is 0.600 bits per heavy atom. The first-order valence-corrected chi connectivity index (χ1v) is 11.2. The molecule has 0 bridgehead atoms. The van der Waals surface area contributed by atoms with Crippen LogP contribution in [0.3, 0.4) is 0 Å². The van der Waals surface area contributed by atoms with Crippen LogP contribution in [0.4, 0.5) is 0 Å². The predicted octanol–water partition coefficient (Wildman–Crippen LogP) is 7.35. The summed E-state index contributed by atoms with van der Waals surface area (Å²) in [5.41, 5.74) is 1.49. The summed E-state index contributed by atoms with van der Waals surface area (Å²) in [6.07, 6.45) is 15.8. The van der Waals surface area contributed by atoms with Gasteiger partial charge in [0.1, 0.15) is 6.54 Å². The molecule has 0 heterocycles. The Kier molecular flexibility index (Phi) is 12.8. The van der Waals surface area contributed by atoms with E-state index in [-0.39, 0.29) is 0 Å². The van der Waals surface area contributed by atoms with Crippen molar-refractivity contribution in [3.05, 3.63) is 35.9 Å². The third-order valence-corrected chi connectivity index (χ3v) is 5.94. The summed E-state index contributed by atoms with van der Waals surface area (Å²) in [6.45, 7) is 12.1. The maximum absolute atomic E-state index is 2.37. The van der Waals surface area contributed by atoms with Crippen molar-refractivity contribution in [2.45, 2.75) is 97.9 Å². The number of benzene rings is 1. The number of rotatable bonds is 16. The summed E-state index contributed by atoms with van der Waals surface area (Å²) in [6, 6.07) is 11.1. The van der Waals surface area contributed by atoms with Gasteiger partial charge in [-0.15, -0.1) is 0 Å². The molecule has 1 aromatic rings. The summed E-state index contributed by atoms with van der Waals surface area (Å²) < 4.78 is 1.25. The molecule has 0 aliphatic rings. The zero-order chi connectivity index (χ0) is 18.2. The van der Waals surface area contributed by atoms with Gasteiger partial charge in [-0.05, 0) is 26.7 Å². The first-order valence-electron chi connectivity index (χ1n) is 11.2. The van der Waals surface area contributed by atoms with Gasteiger partial charge in [-0.3, -0.25) is 0 Å². The molecular weight excluding hydrogens is 302 g/mol. The Morgan fingerprint density at radius 2 is 1.08 bits per heavy atom. The molecule has 0 spiro atoms. The molecule has 0 radical (unpaired) electrons. The third-order valence-electron chi connectivity index (χ3n) is 5.94. The monoisotopic (exact) mass is 346 g/mol. The highest BCUT2D eigenvalue weighted by molar-refractivity contribution is 5.13. The minimum Gasteiger partial charge on any atom is -0.320 e. The average Bonchev–Trinajstić information content (AvgIpc) is 2.66. The first-order chi connectivity index (χ1) is 12.3. The highest BCUT2D eigenvalue weighted by atomic mass is 15.3. The normalized spacial score (nSPS) is 11.8. The fraction of sp³-hybridized carbons (Fsp3) is 0.750. The van der Waals surface area contributed by atoms with Gasteiger partial charge in [-0.1, -0.05) is 95.0 Å². The average molecular weight is 347 g/mol. The summed E-state index contributed by atoms with van der Waals surface area (Å²) in [7, 11) is 0. The zero-order valence-corrected chi connectivity index (χ0v) is 17.4. The quantitative estimate of drug-likeness (QED) is 0.217. The van der Waals surface area contributed by atoms with Crippen LogP contribution in [0.2, 0.25) is 0 Å². The molecule has 0 unspecified atom stereocenters. The van der Waals surface area contributed by atoms with E-state index in [1.165, 1.54) is 107 Å². The molecular formula is C24H44N+. The topological polar surface area (TPSA) is 0 Å². The molecule has 0 atom stereocenters. The maximum atomic E-state index is 2.37. The lowest BCUT2D eigenvalue weighted by molar-refractivity contribution is -0.938. The molecule has 1 rings (SSSR count). The van der Waals surface area contributed by atoms with E-state index < -0.39 is 0 Å². The van der Waals surface area contributed by atoms with Crippen molar-refractivity contribution >= 4 is 0 Å². The molecule has 0 amide bonds. The smallest absolute Gasteiger partial charge is 0.104 e. The van der Waals surface area contributed by atoms with Gasteiger partial charge in [0.2, 0.25) is 0 Å². The molecule has 144 valence electrons. The molecule has 0 aliphatic carbocycles. The molecule has 0 aliphatic heterocycles. The number of unbranched alkanes of at least 4 members (excludes halogenated alkanes) is 10. The van der Waals surface area contributed by atoms with E-state index in [9.17, 15) is 0 Å².